The Labute approximate surface area is 92.3 Å². The quantitative estimate of drug-likeness (QED) is 0.761. The minimum atomic E-state index is 0.374. The summed E-state index contributed by atoms with van der Waals surface area (Å²) in [6.45, 7) is 4.19. The summed E-state index contributed by atoms with van der Waals surface area (Å²) in [4.78, 5) is 2.20. The molecule has 1 heterocycles. The van der Waals surface area contributed by atoms with Gasteiger partial charge in [-0.3, -0.25) is 4.68 Å². The monoisotopic (exact) mass is 210 g/mol. The maximum atomic E-state index is 4.44. The van der Waals surface area contributed by atoms with E-state index < -0.39 is 0 Å². The molecule has 4 nitrogen and oxygen atoms in total. The van der Waals surface area contributed by atoms with Crippen LogP contribution < -0.4 is 5.32 Å². The molecule has 0 radical (unpaired) electrons. The third-order valence-electron chi connectivity index (χ3n) is 2.41. The Kier molecular flexibility index (Phi) is 4.78. The van der Waals surface area contributed by atoms with Gasteiger partial charge in [-0.25, -0.2) is 0 Å². The maximum Gasteiger partial charge on any atom is 0.0794 e. The Hall–Kier alpha value is -0.870. The predicted octanol–water partition coefficient (Wildman–Crippen LogP) is 1.02. The molecule has 1 unspecified atom stereocenters. The molecule has 0 saturated heterocycles. The van der Waals surface area contributed by atoms with Crippen molar-refractivity contribution in [2.24, 2.45) is 7.05 Å². The molecule has 86 valence electrons. The van der Waals surface area contributed by atoms with Gasteiger partial charge in [-0.1, -0.05) is 6.92 Å². The molecule has 0 spiro atoms. The van der Waals surface area contributed by atoms with Crippen molar-refractivity contribution in [2.45, 2.75) is 19.4 Å². The van der Waals surface area contributed by atoms with Gasteiger partial charge < -0.3 is 10.2 Å². The molecule has 1 aromatic heterocycles. The minimum Gasteiger partial charge on any atom is -0.309 e. The van der Waals surface area contributed by atoms with Gasteiger partial charge in [0.1, 0.15) is 0 Å². The highest BCUT2D eigenvalue weighted by molar-refractivity contribution is 5.05. The van der Waals surface area contributed by atoms with Crippen LogP contribution >= 0.6 is 0 Å². The van der Waals surface area contributed by atoms with Gasteiger partial charge in [-0.05, 0) is 39.7 Å². The largest absolute Gasteiger partial charge is 0.309 e. The third kappa shape index (κ3) is 4.01. The highest BCUT2D eigenvalue weighted by Crippen LogP contribution is 2.14. The van der Waals surface area contributed by atoms with Crippen molar-refractivity contribution < 1.29 is 0 Å². The van der Waals surface area contributed by atoms with Gasteiger partial charge in [0.15, 0.2) is 0 Å². The lowest BCUT2D eigenvalue weighted by molar-refractivity contribution is 0.359. The second kappa shape index (κ2) is 5.88. The summed E-state index contributed by atoms with van der Waals surface area (Å²) in [6, 6.07) is 2.46. The van der Waals surface area contributed by atoms with Crippen LogP contribution in [0.3, 0.4) is 0 Å². The molecule has 0 aliphatic heterocycles. The summed E-state index contributed by atoms with van der Waals surface area (Å²) in [5.41, 5.74) is 1.14. The molecule has 0 aliphatic carbocycles. The standard InChI is InChI=1S/C11H22N4/c1-5-12-10(6-8-14(2)3)11-7-9-15(4)13-11/h7,9-10,12H,5-6,8H2,1-4H3. The van der Waals surface area contributed by atoms with E-state index in [0.717, 1.165) is 25.2 Å². The molecule has 0 amide bonds. The molecule has 1 rings (SSSR count). The van der Waals surface area contributed by atoms with Crippen LogP contribution in [0.5, 0.6) is 0 Å². The van der Waals surface area contributed by atoms with Crippen LogP contribution in [0.4, 0.5) is 0 Å². The van der Waals surface area contributed by atoms with Gasteiger partial charge in [-0.15, -0.1) is 0 Å². The highest BCUT2D eigenvalue weighted by Gasteiger charge is 2.12. The molecule has 1 aromatic rings. The van der Waals surface area contributed by atoms with Gasteiger partial charge in [0, 0.05) is 13.2 Å². The zero-order valence-electron chi connectivity index (χ0n) is 10.2. The SMILES string of the molecule is CCNC(CCN(C)C)c1ccn(C)n1. The van der Waals surface area contributed by atoms with Crippen LogP contribution in [0.25, 0.3) is 0 Å². The second-order valence-electron chi connectivity index (χ2n) is 4.12. The lowest BCUT2D eigenvalue weighted by Crippen LogP contribution is -2.26. The Morgan fingerprint density at radius 3 is 2.73 bits per heavy atom. The fourth-order valence-electron chi connectivity index (χ4n) is 1.61. The van der Waals surface area contributed by atoms with Crippen molar-refractivity contribution in [1.29, 1.82) is 0 Å². The average molecular weight is 210 g/mol. The van der Waals surface area contributed by atoms with Crippen molar-refractivity contribution in [3.05, 3.63) is 18.0 Å². The molecule has 0 fully saturated rings. The van der Waals surface area contributed by atoms with Crippen molar-refractivity contribution >= 4 is 0 Å². The van der Waals surface area contributed by atoms with E-state index in [1.807, 2.05) is 17.9 Å². The molecule has 1 N–H and O–H groups in total. The van der Waals surface area contributed by atoms with Crippen molar-refractivity contribution in [3.63, 3.8) is 0 Å². The Bertz CT molecular complexity index is 280. The van der Waals surface area contributed by atoms with Gasteiger partial charge in [0.2, 0.25) is 0 Å². The Morgan fingerprint density at radius 1 is 1.53 bits per heavy atom. The van der Waals surface area contributed by atoms with E-state index in [2.05, 4.69) is 42.4 Å². The van der Waals surface area contributed by atoms with E-state index in [4.69, 9.17) is 0 Å². The number of nitrogens with one attached hydrogen (secondary N) is 1. The first-order valence-corrected chi connectivity index (χ1v) is 5.51. The minimum absolute atomic E-state index is 0.374. The van der Waals surface area contributed by atoms with Crippen molar-refractivity contribution in [3.8, 4) is 0 Å². The van der Waals surface area contributed by atoms with Crippen LogP contribution in [0.15, 0.2) is 12.3 Å². The first-order chi connectivity index (χ1) is 7.13. The first kappa shape index (κ1) is 12.2. The average Bonchev–Trinajstić information content (AvgIpc) is 2.59. The summed E-state index contributed by atoms with van der Waals surface area (Å²) in [5, 5.41) is 7.91. The number of rotatable bonds is 6. The Balaban J connectivity index is 2.57. The zero-order valence-corrected chi connectivity index (χ0v) is 10.2. The van der Waals surface area contributed by atoms with Crippen LogP contribution in [0.2, 0.25) is 0 Å². The summed E-state index contributed by atoms with van der Waals surface area (Å²) in [7, 11) is 6.15. The normalized spacial score (nSPS) is 13.4. The molecular formula is C11H22N4. The smallest absolute Gasteiger partial charge is 0.0794 e. The summed E-state index contributed by atoms with van der Waals surface area (Å²) < 4.78 is 1.86. The molecule has 15 heavy (non-hydrogen) atoms. The molecule has 4 heteroatoms. The van der Waals surface area contributed by atoms with E-state index in [0.29, 0.717) is 6.04 Å². The molecule has 0 bridgehead atoms. The van der Waals surface area contributed by atoms with E-state index in [9.17, 15) is 0 Å². The summed E-state index contributed by atoms with van der Waals surface area (Å²) in [6.07, 6.45) is 3.09. The Morgan fingerprint density at radius 2 is 2.27 bits per heavy atom. The molecular weight excluding hydrogens is 188 g/mol. The van der Waals surface area contributed by atoms with Gasteiger partial charge in [0.05, 0.1) is 11.7 Å². The van der Waals surface area contributed by atoms with Crippen LogP contribution in [0.1, 0.15) is 25.1 Å². The number of nitrogens with zero attached hydrogens (tertiary/aromatic N) is 3. The molecule has 0 aromatic carbocycles. The van der Waals surface area contributed by atoms with E-state index >= 15 is 0 Å². The summed E-state index contributed by atoms with van der Waals surface area (Å²) >= 11 is 0. The zero-order chi connectivity index (χ0) is 11.3. The first-order valence-electron chi connectivity index (χ1n) is 5.51. The summed E-state index contributed by atoms with van der Waals surface area (Å²) in [5.74, 6) is 0. The fraction of sp³-hybridized carbons (Fsp3) is 0.727. The number of aromatic nitrogens is 2. The van der Waals surface area contributed by atoms with Crippen molar-refractivity contribution in [2.75, 3.05) is 27.2 Å². The molecule has 0 aliphatic rings. The number of hydrogen-bond acceptors (Lipinski definition) is 3. The molecule has 0 saturated carbocycles. The fourth-order valence-corrected chi connectivity index (χ4v) is 1.61. The van der Waals surface area contributed by atoms with Crippen LogP contribution in [-0.2, 0) is 7.05 Å². The lowest BCUT2D eigenvalue weighted by atomic mass is 10.1. The van der Waals surface area contributed by atoms with E-state index in [1.165, 1.54) is 0 Å². The molecule has 1 atom stereocenters. The predicted molar refractivity (Wildman–Crippen MR) is 62.8 cm³/mol. The maximum absolute atomic E-state index is 4.44. The van der Waals surface area contributed by atoms with Crippen LogP contribution in [0, 0.1) is 0 Å². The lowest BCUT2D eigenvalue weighted by Gasteiger charge is -2.18. The van der Waals surface area contributed by atoms with E-state index in [-0.39, 0.29) is 0 Å². The second-order valence-corrected chi connectivity index (χ2v) is 4.12. The number of hydrogen-bond donors (Lipinski definition) is 1. The van der Waals surface area contributed by atoms with Crippen LogP contribution in [-0.4, -0.2) is 41.9 Å². The third-order valence-corrected chi connectivity index (χ3v) is 2.41. The van der Waals surface area contributed by atoms with Crippen molar-refractivity contribution in [1.82, 2.24) is 20.0 Å². The van der Waals surface area contributed by atoms with Gasteiger partial charge in [-0.2, -0.15) is 5.10 Å². The van der Waals surface area contributed by atoms with Gasteiger partial charge in [0.25, 0.3) is 0 Å². The highest BCUT2D eigenvalue weighted by atomic mass is 15.3. The van der Waals surface area contributed by atoms with E-state index in [1.54, 1.807) is 0 Å². The topological polar surface area (TPSA) is 33.1 Å². The van der Waals surface area contributed by atoms with Gasteiger partial charge >= 0.3 is 0 Å². The number of aryl methyl sites for hydroxylation is 1.